The van der Waals surface area contributed by atoms with Crippen LogP contribution in [0.15, 0.2) is 36.7 Å². The molecule has 1 N–H and O–H groups in total. The number of nitrogens with one attached hydrogen (secondary N) is 1. The Balaban J connectivity index is 1.80. The predicted molar refractivity (Wildman–Crippen MR) is 82.5 cm³/mol. The van der Waals surface area contributed by atoms with E-state index in [-0.39, 0.29) is 11.1 Å². The topological polar surface area (TPSA) is 78.7 Å². The Labute approximate surface area is 136 Å². The normalized spacial score (nSPS) is 22.7. The Hall–Kier alpha value is -2.16. The van der Waals surface area contributed by atoms with E-state index in [1.165, 1.54) is 12.4 Å². The lowest BCUT2D eigenvalue weighted by molar-refractivity contribution is -0.117. The lowest BCUT2D eigenvalue weighted by Crippen LogP contribution is -2.20. The van der Waals surface area contributed by atoms with Crippen LogP contribution in [-0.2, 0) is 10.2 Å². The molecule has 0 bridgehead atoms. The van der Waals surface area contributed by atoms with Crippen LogP contribution in [0.25, 0.3) is 0 Å². The van der Waals surface area contributed by atoms with Crippen molar-refractivity contribution in [2.24, 2.45) is 5.92 Å². The van der Waals surface area contributed by atoms with Gasteiger partial charge in [0.1, 0.15) is 17.3 Å². The molecule has 2 unspecified atom stereocenters. The van der Waals surface area contributed by atoms with Crippen molar-refractivity contribution in [1.82, 2.24) is 9.97 Å². The van der Waals surface area contributed by atoms with Gasteiger partial charge in [-0.15, -0.1) is 0 Å². The highest BCUT2D eigenvalue weighted by Crippen LogP contribution is 2.54. The third-order valence-electron chi connectivity index (χ3n) is 3.70. The smallest absolute Gasteiger partial charge is 0.230 e. The van der Waals surface area contributed by atoms with Crippen molar-refractivity contribution in [2.45, 2.75) is 11.8 Å². The van der Waals surface area contributed by atoms with E-state index in [1.54, 1.807) is 18.2 Å². The third kappa shape index (κ3) is 2.63. The number of rotatable bonds is 3. The zero-order valence-electron chi connectivity index (χ0n) is 11.3. The van der Waals surface area contributed by atoms with E-state index >= 15 is 0 Å². The molecule has 1 aromatic carbocycles. The molecule has 22 heavy (non-hydrogen) atoms. The number of nitrogens with zero attached hydrogens (tertiary/aromatic N) is 3. The maximum absolute atomic E-state index is 12.3. The van der Waals surface area contributed by atoms with Crippen molar-refractivity contribution in [3.63, 3.8) is 0 Å². The Morgan fingerprint density at radius 1 is 1.36 bits per heavy atom. The lowest BCUT2D eigenvalue weighted by atomic mass is 9.94. The summed E-state index contributed by atoms with van der Waals surface area (Å²) >= 11 is 11.7. The van der Waals surface area contributed by atoms with Gasteiger partial charge in [0.25, 0.3) is 0 Å². The van der Waals surface area contributed by atoms with E-state index in [9.17, 15) is 10.1 Å². The molecule has 2 aromatic rings. The molecule has 1 amide bonds. The second-order valence-electron chi connectivity index (χ2n) is 5.07. The van der Waals surface area contributed by atoms with Crippen molar-refractivity contribution in [3.8, 4) is 6.07 Å². The van der Waals surface area contributed by atoms with E-state index in [4.69, 9.17) is 23.2 Å². The van der Waals surface area contributed by atoms with E-state index in [0.29, 0.717) is 17.3 Å². The van der Waals surface area contributed by atoms with E-state index in [1.807, 2.05) is 6.07 Å². The Bertz CT molecular complexity index is 789. The zero-order valence-corrected chi connectivity index (χ0v) is 12.8. The monoisotopic (exact) mass is 332 g/mol. The molecule has 2 atom stereocenters. The van der Waals surface area contributed by atoms with Crippen molar-refractivity contribution in [1.29, 1.82) is 5.26 Å². The summed E-state index contributed by atoms with van der Waals surface area (Å²) in [4.78, 5) is 20.0. The molecule has 0 radical (unpaired) electrons. The van der Waals surface area contributed by atoms with Gasteiger partial charge in [-0.05, 0) is 24.1 Å². The van der Waals surface area contributed by atoms with Crippen molar-refractivity contribution >= 4 is 34.9 Å². The number of halogens is 2. The summed E-state index contributed by atoms with van der Waals surface area (Å²) in [6.45, 7) is 0. The van der Waals surface area contributed by atoms with Gasteiger partial charge in [-0.3, -0.25) is 4.79 Å². The van der Waals surface area contributed by atoms with Crippen molar-refractivity contribution in [3.05, 3.63) is 52.4 Å². The first-order chi connectivity index (χ1) is 10.5. The van der Waals surface area contributed by atoms with Crippen LogP contribution >= 0.6 is 23.2 Å². The maximum atomic E-state index is 12.3. The number of nitriles is 1. The number of carbonyl (C=O) groups excluding carboxylic acids is 1. The van der Waals surface area contributed by atoms with Crippen molar-refractivity contribution < 1.29 is 4.79 Å². The molecule has 1 aliphatic carbocycles. The molecule has 0 aliphatic heterocycles. The Morgan fingerprint density at radius 2 is 2.18 bits per heavy atom. The molecule has 1 saturated carbocycles. The summed E-state index contributed by atoms with van der Waals surface area (Å²) in [6.07, 6.45) is 1.72. The van der Waals surface area contributed by atoms with Crippen LogP contribution < -0.4 is 5.32 Å². The fourth-order valence-electron chi connectivity index (χ4n) is 2.47. The van der Waals surface area contributed by atoms with Crippen LogP contribution in [0.1, 0.15) is 12.0 Å². The van der Waals surface area contributed by atoms with Gasteiger partial charge >= 0.3 is 0 Å². The lowest BCUT2D eigenvalue weighted by Gasteiger charge is -2.10. The van der Waals surface area contributed by atoms with Gasteiger partial charge < -0.3 is 5.32 Å². The van der Waals surface area contributed by atoms with E-state index in [2.05, 4.69) is 21.4 Å². The van der Waals surface area contributed by atoms with Gasteiger partial charge in [-0.2, -0.15) is 5.26 Å². The zero-order chi connectivity index (χ0) is 15.7. The first-order valence-electron chi connectivity index (χ1n) is 6.51. The minimum Gasteiger partial charge on any atom is -0.310 e. The summed E-state index contributed by atoms with van der Waals surface area (Å²) < 4.78 is 0. The van der Waals surface area contributed by atoms with Crippen LogP contribution in [0, 0.1) is 17.2 Å². The number of amides is 1. The molecule has 0 saturated heterocycles. The SMILES string of the molecule is N#CC1(c2cccc(Cl)c2)CC1C(=O)Nc1cc(Cl)ncn1. The first kappa shape index (κ1) is 14.8. The van der Waals surface area contributed by atoms with E-state index in [0.717, 1.165) is 5.56 Å². The predicted octanol–water partition coefficient (Wildman–Crippen LogP) is 3.20. The van der Waals surface area contributed by atoms with Gasteiger partial charge in [0.05, 0.1) is 17.4 Å². The summed E-state index contributed by atoms with van der Waals surface area (Å²) in [6, 6.07) is 10.7. The third-order valence-corrected chi connectivity index (χ3v) is 4.14. The maximum Gasteiger partial charge on any atom is 0.230 e. The first-order valence-corrected chi connectivity index (χ1v) is 7.26. The fraction of sp³-hybridized carbons (Fsp3) is 0.200. The highest BCUT2D eigenvalue weighted by Gasteiger charge is 2.60. The second-order valence-corrected chi connectivity index (χ2v) is 5.89. The molecule has 7 heteroatoms. The van der Waals surface area contributed by atoms with Gasteiger partial charge in [-0.1, -0.05) is 35.3 Å². The molecule has 1 aromatic heterocycles. The standard InChI is InChI=1S/C15H10Cl2N4O/c16-10-3-1-2-9(4-10)15(7-18)6-11(15)14(22)21-13-5-12(17)19-8-20-13/h1-5,8,11H,6H2,(H,19,20,21,22). The van der Waals surface area contributed by atoms with Gasteiger partial charge in [0, 0.05) is 11.1 Å². The molecule has 1 heterocycles. The Kier molecular flexibility index (Phi) is 3.73. The minimum atomic E-state index is -0.828. The number of hydrogen-bond donors (Lipinski definition) is 1. The average Bonchev–Trinajstić information content (AvgIpc) is 3.23. The molecule has 5 nitrogen and oxygen atoms in total. The van der Waals surface area contributed by atoms with Crippen molar-refractivity contribution in [2.75, 3.05) is 5.32 Å². The van der Waals surface area contributed by atoms with Gasteiger partial charge in [0.2, 0.25) is 5.91 Å². The quantitative estimate of drug-likeness (QED) is 0.875. The Morgan fingerprint density at radius 3 is 2.86 bits per heavy atom. The number of hydrogen-bond acceptors (Lipinski definition) is 4. The minimum absolute atomic E-state index is 0.238. The summed E-state index contributed by atoms with van der Waals surface area (Å²) in [7, 11) is 0. The van der Waals surface area contributed by atoms with E-state index < -0.39 is 11.3 Å². The summed E-state index contributed by atoms with van der Waals surface area (Å²) in [5.41, 5.74) is -0.0745. The molecule has 0 spiro atoms. The van der Waals surface area contributed by atoms with Crippen LogP contribution in [0.4, 0.5) is 5.82 Å². The molecule has 110 valence electrons. The average molecular weight is 333 g/mol. The molecule has 3 rings (SSSR count). The van der Waals surface area contributed by atoms with Crippen LogP contribution in [-0.4, -0.2) is 15.9 Å². The fourth-order valence-corrected chi connectivity index (χ4v) is 2.81. The van der Waals surface area contributed by atoms with Gasteiger partial charge in [-0.25, -0.2) is 9.97 Å². The highest BCUT2D eigenvalue weighted by molar-refractivity contribution is 6.30. The highest BCUT2D eigenvalue weighted by atomic mass is 35.5. The number of anilines is 1. The molecular weight excluding hydrogens is 323 g/mol. The van der Waals surface area contributed by atoms with Crippen LogP contribution in [0.2, 0.25) is 10.2 Å². The largest absolute Gasteiger partial charge is 0.310 e. The second kappa shape index (κ2) is 5.56. The molecule has 1 fully saturated rings. The number of aromatic nitrogens is 2. The van der Waals surface area contributed by atoms with Gasteiger partial charge in [0.15, 0.2) is 0 Å². The number of benzene rings is 1. The summed E-state index contributed by atoms with van der Waals surface area (Å²) in [5, 5.41) is 13.0. The number of carbonyl (C=O) groups is 1. The molecule has 1 aliphatic rings. The molecular formula is C15H10Cl2N4O. The summed E-state index contributed by atoms with van der Waals surface area (Å²) in [5.74, 6) is -0.393. The van der Waals surface area contributed by atoms with Crippen LogP contribution in [0.3, 0.4) is 0 Å². The van der Waals surface area contributed by atoms with Crippen LogP contribution in [0.5, 0.6) is 0 Å².